The molecule has 1 saturated heterocycles. The molecule has 1 unspecified atom stereocenters. The topological polar surface area (TPSA) is 80.2 Å². The van der Waals surface area contributed by atoms with Crippen molar-refractivity contribution in [2.24, 2.45) is 4.99 Å². The summed E-state index contributed by atoms with van der Waals surface area (Å²) in [6.45, 7) is 3.11. The van der Waals surface area contributed by atoms with Crippen LogP contribution in [0.2, 0.25) is 5.02 Å². The van der Waals surface area contributed by atoms with E-state index in [9.17, 15) is 9.59 Å². The van der Waals surface area contributed by atoms with Crippen molar-refractivity contribution < 1.29 is 19.1 Å². The summed E-state index contributed by atoms with van der Waals surface area (Å²) in [5.41, 5.74) is 2.09. The van der Waals surface area contributed by atoms with Crippen LogP contribution in [0.25, 0.3) is 0 Å². The minimum Gasteiger partial charge on any atom is -0.497 e. The summed E-state index contributed by atoms with van der Waals surface area (Å²) in [4.78, 5) is 32.9. The van der Waals surface area contributed by atoms with Crippen LogP contribution in [0.1, 0.15) is 44.6 Å². The fourth-order valence-corrected chi connectivity index (χ4v) is 5.43. The van der Waals surface area contributed by atoms with Gasteiger partial charge in [-0.25, -0.2) is 4.99 Å². The van der Waals surface area contributed by atoms with E-state index in [0.717, 1.165) is 24.2 Å². The van der Waals surface area contributed by atoms with Gasteiger partial charge in [-0.2, -0.15) is 0 Å². The van der Waals surface area contributed by atoms with Crippen molar-refractivity contribution in [3.05, 3.63) is 83.4 Å². The third kappa shape index (κ3) is 8.26. The zero-order valence-electron chi connectivity index (χ0n) is 22.8. The monoisotopic (exact) mass is 579 g/mol. The van der Waals surface area contributed by atoms with Gasteiger partial charge < -0.3 is 14.8 Å². The molecular formula is C31H34ClN3O4S. The number of hydrogen-bond acceptors (Lipinski definition) is 6. The van der Waals surface area contributed by atoms with Gasteiger partial charge >= 0.3 is 0 Å². The SMILES string of the molecule is CCCCCCOc1ccc(NC(=O)C2CC(=O)N(Cc3ccccc3Cl)C(=Nc3ccc(OC)cc3)S2)cc1. The second-order valence-electron chi connectivity index (χ2n) is 9.40. The van der Waals surface area contributed by atoms with Gasteiger partial charge in [-0.05, 0) is 66.6 Å². The first-order valence-corrected chi connectivity index (χ1v) is 14.7. The number of nitrogens with zero attached hydrogens (tertiary/aromatic N) is 2. The highest BCUT2D eigenvalue weighted by atomic mass is 35.5. The number of amides is 2. The Kier molecular flexibility index (Phi) is 10.9. The standard InChI is InChI=1S/C31H34ClN3O4S/c1-3-4-5-8-19-39-26-17-13-23(14-18-26)33-30(37)28-20-29(36)35(21-22-9-6-7-10-27(22)32)31(40-28)34-24-11-15-25(38-2)16-12-24/h6-7,9-18,28H,3-5,8,19-21H2,1-2H3,(H,33,37). The number of carbonyl (C=O) groups is 2. The lowest BCUT2D eigenvalue weighted by molar-refractivity contribution is -0.129. The quantitative estimate of drug-likeness (QED) is 0.225. The number of benzene rings is 3. The molecule has 3 aromatic carbocycles. The van der Waals surface area contributed by atoms with Crippen molar-refractivity contribution in [2.75, 3.05) is 19.0 Å². The summed E-state index contributed by atoms with van der Waals surface area (Å²) in [5, 5.41) is 3.31. The van der Waals surface area contributed by atoms with Gasteiger partial charge in [0.2, 0.25) is 11.8 Å². The summed E-state index contributed by atoms with van der Waals surface area (Å²) < 4.78 is 11.0. The van der Waals surface area contributed by atoms with Gasteiger partial charge in [-0.1, -0.05) is 67.7 Å². The molecular weight excluding hydrogens is 546 g/mol. The van der Waals surface area contributed by atoms with Crippen LogP contribution in [0.3, 0.4) is 0 Å². The van der Waals surface area contributed by atoms with E-state index in [0.29, 0.717) is 33.9 Å². The molecule has 3 aromatic rings. The molecule has 0 bridgehead atoms. The fraction of sp³-hybridized carbons (Fsp3) is 0.323. The van der Waals surface area contributed by atoms with E-state index in [4.69, 9.17) is 26.1 Å². The number of ether oxygens (including phenoxy) is 2. The van der Waals surface area contributed by atoms with E-state index in [2.05, 4.69) is 12.2 Å². The van der Waals surface area contributed by atoms with E-state index < -0.39 is 5.25 Å². The number of thioether (sulfide) groups is 1. The van der Waals surface area contributed by atoms with Gasteiger partial charge in [0.1, 0.15) is 16.7 Å². The third-order valence-electron chi connectivity index (χ3n) is 6.40. The van der Waals surface area contributed by atoms with E-state index in [1.54, 1.807) is 30.2 Å². The van der Waals surface area contributed by atoms with Gasteiger partial charge in [0.25, 0.3) is 0 Å². The summed E-state index contributed by atoms with van der Waals surface area (Å²) in [6.07, 6.45) is 4.62. The first-order chi connectivity index (χ1) is 19.5. The first kappa shape index (κ1) is 29.5. The number of hydrogen-bond donors (Lipinski definition) is 1. The Bertz CT molecular complexity index is 1310. The largest absolute Gasteiger partial charge is 0.497 e. The van der Waals surface area contributed by atoms with Gasteiger partial charge in [-0.15, -0.1) is 0 Å². The summed E-state index contributed by atoms with van der Waals surface area (Å²) >= 11 is 7.65. The van der Waals surface area contributed by atoms with Crippen LogP contribution >= 0.6 is 23.4 Å². The number of methoxy groups -OCH3 is 1. The molecule has 2 amide bonds. The van der Waals surface area contributed by atoms with Gasteiger partial charge in [0.15, 0.2) is 5.17 Å². The molecule has 1 aliphatic rings. The molecule has 0 saturated carbocycles. The van der Waals surface area contributed by atoms with Crippen LogP contribution < -0.4 is 14.8 Å². The molecule has 0 spiro atoms. The Morgan fingerprint density at radius 1 is 1.02 bits per heavy atom. The zero-order chi connectivity index (χ0) is 28.3. The van der Waals surface area contributed by atoms with Crippen molar-refractivity contribution >= 4 is 51.7 Å². The maximum absolute atomic E-state index is 13.4. The van der Waals surface area contributed by atoms with Gasteiger partial charge in [0.05, 0.1) is 25.9 Å². The van der Waals surface area contributed by atoms with E-state index in [-0.39, 0.29) is 24.8 Å². The Balaban J connectivity index is 1.46. The molecule has 1 N–H and O–H groups in total. The highest BCUT2D eigenvalue weighted by Gasteiger charge is 2.36. The molecule has 1 fully saturated rings. The Morgan fingerprint density at radius 3 is 2.45 bits per heavy atom. The maximum Gasteiger partial charge on any atom is 0.238 e. The highest BCUT2D eigenvalue weighted by molar-refractivity contribution is 8.15. The van der Waals surface area contributed by atoms with Crippen molar-refractivity contribution in [2.45, 2.75) is 50.8 Å². The number of amidine groups is 1. The Morgan fingerprint density at radius 2 is 1.75 bits per heavy atom. The number of rotatable bonds is 12. The first-order valence-electron chi connectivity index (χ1n) is 13.4. The number of nitrogens with one attached hydrogen (secondary N) is 1. The number of halogens is 1. The smallest absolute Gasteiger partial charge is 0.238 e. The van der Waals surface area contributed by atoms with Crippen molar-refractivity contribution in [1.29, 1.82) is 0 Å². The number of unbranched alkanes of at least 4 members (excludes halogenated alkanes) is 3. The predicted octanol–water partition coefficient (Wildman–Crippen LogP) is 7.47. The van der Waals surface area contributed by atoms with Crippen molar-refractivity contribution in [3.8, 4) is 11.5 Å². The number of anilines is 1. The second kappa shape index (κ2) is 14.8. The minimum atomic E-state index is -0.638. The van der Waals surface area contributed by atoms with Crippen LogP contribution in [0.15, 0.2) is 77.8 Å². The fourth-order valence-electron chi connectivity index (χ4n) is 4.14. The molecule has 40 heavy (non-hydrogen) atoms. The average molecular weight is 580 g/mol. The van der Waals surface area contributed by atoms with Crippen LogP contribution in [0.5, 0.6) is 11.5 Å². The molecule has 210 valence electrons. The molecule has 4 rings (SSSR count). The molecule has 1 heterocycles. The van der Waals surface area contributed by atoms with Crippen LogP contribution in [-0.2, 0) is 16.1 Å². The van der Waals surface area contributed by atoms with Crippen LogP contribution in [0.4, 0.5) is 11.4 Å². The lowest BCUT2D eigenvalue weighted by Gasteiger charge is -2.32. The third-order valence-corrected chi connectivity index (χ3v) is 7.96. The number of carbonyl (C=O) groups excluding carboxylic acids is 2. The van der Waals surface area contributed by atoms with E-state index >= 15 is 0 Å². The van der Waals surface area contributed by atoms with Gasteiger partial charge in [-0.3, -0.25) is 14.5 Å². The van der Waals surface area contributed by atoms with E-state index in [1.807, 2.05) is 54.6 Å². The van der Waals surface area contributed by atoms with Crippen molar-refractivity contribution in [1.82, 2.24) is 4.90 Å². The van der Waals surface area contributed by atoms with E-state index in [1.165, 1.54) is 24.6 Å². The van der Waals surface area contributed by atoms with Crippen LogP contribution in [0, 0.1) is 0 Å². The Labute approximate surface area is 244 Å². The average Bonchev–Trinajstić information content (AvgIpc) is 2.96. The normalized spacial score (nSPS) is 16.2. The summed E-state index contributed by atoms with van der Waals surface area (Å²) in [6, 6.07) is 21.9. The zero-order valence-corrected chi connectivity index (χ0v) is 24.3. The molecule has 1 aliphatic heterocycles. The predicted molar refractivity (Wildman–Crippen MR) is 163 cm³/mol. The Hall–Kier alpha value is -3.49. The molecule has 9 heteroatoms. The molecule has 1 atom stereocenters. The molecule has 0 radical (unpaired) electrons. The number of aliphatic imine (C=N–C) groups is 1. The molecule has 0 aliphatic carbocycles. The highest BCUT2D eigenvalue weighted by Crippen LogP contribution is 2.32. The minimum absolute atomic E-state index is 0.0432. The molecule has 7 nitrogen and oxygen atoms in total. The summed E-state index contributed by atoms with van der Waals surface area (Å²) in [7, 11) is 1.60. The summed E-state index contributed by atoms with van der Waals surface area (Å²) in [5.74, 6) is 1.01. The lowest BCUT2D eigenvalue weighted by Crippen LogP contribution is -2.44. The lowest BCUT2D eigenvalue weighted by atomic mass is 10.2. The second-order valence-corrected chi connectivity index (χ2v) is 11.0. The molecule has 0 aromatic heterocycles. The van der Waals surface area contributed by atoms with Crippen molar-refractivity contribution in [3.63, 3.8) is 0 Å². The van der Waals surface area contributed by atoms with Gasteiger partial charge in [0, 0.05) is 17.1 Å². The maximum atomic E-state index is 13.4. The van der Waals surface area contributed by atoms with Crippen LogP contribution in [-0.4, -0.2) is 40.8 Å².